The highest BCUT2D eigenvalue weighted by Crippen LogP contribution is 2.32. The molecule has 1 aromatic carbocycles. The Kier molecular flexibility index (Phi) is 5.73. The molecule has 1 saturated heterocycles. The highest BCUT2D eigenvalue weighted by atomic mass is 35.5. The zero-order chi connectivity index (χ0) is 15.4. The lowest BCUT2D eigenvalue weighted by Crippen LogP contribution is -2.41. The summed E-state index contributed by atoms with van der Waals surface area (Å²) in [5, 5.41) is 0.729. The maximum atomic E-state index is 12.7. The van der Waals surface area contributed by atoms with Gasteiger partial charge in [-0.25, -0.2) is 0 Å². The van der Waals surface area contributed by atoms with Gasteiger partial charge in [-0.1, -0.05) is 23.2 Å². The molecule has 0 radical (unpaired) electrons. The number of ether oxygens (including phenoxy) is 2. The molecule has 6 heteroatoms. The van der Waals surface area contributed by atoms with Crippen LogP contribution in [-0.2, 0) is 4.74 Å². The maximum Gasteiger partial charge on any atom is 0.257 e. The van der Waals surface area contributed by atoms with Crippen LogP contribution in [0.15, 0.2) is 12.1 Å². The van der Waals surface area contributed by atoms with E-state index in [0.29, 0.717) is 40.4 Å². The second-order valence-corrected chi connectivity index (χ2v) is 6.00. The van der Waals surface area contributed by atoms with E-state index in [2.05, 4.69) is 0 Å². The predicted octanol–water partition coefficient (Wildman–Crippen LogP) is 3.50. The third-order valence-corrected chi connectivity index (χ3v) is 4.40. The Morgan fingerprint density at radius 3 is 2.71 bits per heavy atom. The first kappa shape index (κ1) is 16.4. The minimum Gasteiger partial charge on any atom is -0.496 e. The van der Waals surface area contributed by atoms with Gasteiger partial charge in [-0.2, -0.15) is 0 Å². The van der Waals surface area contributed by atoms with Crippen LogP contribution in [0.25, 0.3) is 0 Å². The van der Waals surface area contributed by atoms with Crippen molar-refractivity contribution in [3.63, 3.8) is 0 Å². The quantitative estimate of drug-likeness (QED) is 0.847. The molecule has 4 nitrogen and oxygen atoms in total. The number of halogens is 2. The van der Waals surface area contributed by atoms with Crippen LogP contribution < -0.4 is 4.74 Å². The summed E-state index contributed by atoms with van der Waals surface area (Å²) in [6, 6.07) is 3.15. The summed E-state index contributed by atoms with van der Waals surface area (Å²) in [5.74, 6) is 0.746. The van der Waals surface area contributed by atoms with E-state index in [0.717, 1.165) is 19.4 Å². The van der Waals surface area contributed by atoms with Crippen LogP contribution in [0.3, 0.4) is 0 Å². The van der Waals surface area contributed by atoms with Crippen molar-refractivity contribution in [2.45, 2.75) is 12.8 Å². The molecule has 0 aromatic heterocycles. The molecule has 1 aromatic rings. The Labute approximate surface area is 134 Å². The molecule has 0 spiro atoms. The van der Waals surface area contributed by atoms with Crippen LogP contribution in [0.2, 0.25) is 10.0 Å². The lowest BCUT2D eigenvalue weighted by atomic mass is 9.98. The summed E-state index contributed by atoms with van der Waals surface area (Å²) in [6.45, 7) is 2.10. The molecular formula is C15H19Cl2NO3. The van der Waals surface area contributed by atoms with Crippen molar-refractivity contribution in [2.75, 3.05) is 33.9 Å². The van der Waals surface area contributed by atoms with Gasteiger partial charge in [-0.05, 0) is 24.8 Å². The van der Waals surface area contributed by atoms with Crippen molar-refractivity contribution in [1.82, 2.24) is 4.90 Å². The Bertz CT molecular complexity index is 520. The molecule has 2 rings (SSSR count). The lowest BCUT2D eigenvalue weighted by Gasteiger charge is -2.32. The van der Waals surface area contributed by atoms with Crippen LogP contribution in [0.5, 0.6) is 5.75 Å². The van der Waals surface area contributed by atoms with E-state index in [-0.39, 0.29) is 5.91 Å². The van der Waals surface area contributed by atoms with Gasteiger partial charge in [-0.3, -0.25) is 4.79 Å². The van der Waals surface area contributed by atoms with Crippen LogP contribution in [-0.4, -0.2) is 44.7 Å². The topological polar surface area (TPSA) is 38.8 Å². The average molecular weight is 332 g/mol. The molecule has 1 amide bonds. The number of carbonyl (C=O) groups is 1. The second-order valence-electron chi connectivity index (χ2n) is 5.18. The van der Waals surface area contributed by atoms with E-state index in [9.17, 15) is 4.79 Å². The standard InChI is InChI=1S/C15H19Cl2NO3/c1-20-9-10-4-3-5-18(8-10)15(19)11-6-12(16)13(17)7-14(11)21-2/h6-7,10H,3-5,8-9H2,1-2H3/t10-/m0/s1. The third kappa shape index (κ3) is 3.82. The van der Waals surface area contributed by atoms with E-state index in [1.807, 2.05) is 4.90 Å². The van der Waals surface area contributed by atoms with Gasteiger partial charge in [0, 0.05) is 26.3 Å². The van der Waals surface area contributed by atoms with Crippen molar-refractivity contribution >= 4 is 29.1 Å². The molecule has 1 aliphatic heterocycles. The zero-order valence-corrected chi connectivity index (χ0v) is 13.7. The molecule has 0 aliphatic carbocycles. The minimum absolute atomic E-state index is 0.0776. The van der Waals surface area contributed by atoms with Crippen molar-refractivity contribution in [2.24, 2.45) is 5.92 Å². The van der Waals surface area contributed by atoms with Gasteiger partial charge >= 0.3 is 0 Å². The molecular weight excluding hydrogens is 313 g/mol. The van der Waals surface area contributed by atoms with Gasteiger partial charge in [0.15, 0.2) is 0 Å². The summed E-state index contributed by atoms with van der Waals surface area (Å²) in [5.41, 5.74) is 0.449. The molecule has 1 fully saturated rings. The van der Waals surface area contributed by atoms with Crippen molar-refractivity contribution in [3.8, 4) is 5.75 Å². The number of likely N-dealkylation sites (tertiary alicyclic amines) is 1. The van der Waals surface area contributed by atoms with E-state index >= 15 is 0 Å². The highest BCUT2D eigenvalue weighted by molar-refractivity contribution is 6.42. The number of hydrogen-bond acceptors (Lipinski definition) is 3. The number of methoxy groups -OCH3 is 2. The molecule has 1 aliphatic rings. The Balaban J connectivity index is 2.21. The summed E-state index contributed by atoms with van der Waals surface area (Å²) in [6.07, 6.45) is 2.06. The van der Waals surface area contributed by atoms with E-state index in [1.165, 1.54) is 7.11 Å². The van der Waals surface area contributed by atoms with Crippen molar-refractivity contribution < 1.29 is 14.3 Å². The van der Waals surface area contributed by atoms with E-state index in [4.69, 9.17) is 32.7 Å². The SMILES string of the molecule is COC[C@H]1CCCN(C(=O)c2cc(Cl)c(Cl)cc2OC)C1. The van der Waals surface area contributed by atoms with Crippen molar-refractivity contribution in [3.05, 3.63) is 27.7 Å². The number of benzene rings is 1. The fraction of sp³-hybridized carbons (Fsp3) is 0.533. The minimum atomic E-state index is -0.0776. The molecule has 21 heavy (non-hydrogen) atoms. The average Bonchev–Trinajstić information content (AvgIpc) is 2.49. The summed E-state index contributed by atoms with van der Waals surface area (Å²) in [4.78, 5) is 14.5. The lowest BCUT2D eigenvalue weighted by molar-refractivity contribution is 0.0568. The highest BCUT2D eigenvalue weighted by Gasteiger charge is 2.26. The normalized spacial score (nSPS) is 18.7. The van der Waals surface area contributed by atoms with Gasteiger partial charge in [0.1, 0.15) is 5.75 Å². The van der Waals surface area contributed by atoms with Gasteiger partial charge in [0.05, 0.1) is 29.3 Å². The van der Waals surface area contributed by atoms with Gasteiger partial charge in [-0.15, -0.1) is 0 Å². The summed E-state index contributed by atoms with van der Waals surface area (Å²) in [7, 11) is 3.20. The fourth-order valence-corrected chi connectivity index (χ4v) is 2.97. The molecule has 0 bridgehead atoms. The Hall–Kier alpha value is -0.970. The predicted molar refractivity (Wildman–Crippen MR) is 83.5 cm³/mol. The van der Waals surface area contributed by atoms with Gasteiger partial charge < -0.3 is 14.4 Å². The van der Waals surface area contributed by atoms with Crippen LogP contribution in [0.4, 0.5) is 0 Å². The zero-order valence-electron chi connectivity index (χ0n) is 12.2. The molecule has 1 atom stereocenters. The van der Waals surface area contributed by atoms with Gasteiger partial charge in [0.25, 0.3) is 5.91 Å². The molecule has 1 heterocycles. The number of amides is 1. The van der Waals surface area contributed by atoms with Crippen LogP contribution in [0.1, 0.15) is 23.2 Å². The van der Waals surface area contributed by atoms with E-state index < -0.39 is 0 Å². The first-order valence-corrected chi connectivity index (χ1v) is 7.63. The van der Waals surface area contributed by atoms with Crippen LogP contribution in [0, 0.1) is 5.92 Å². The fourth-order valence-electron chi connectivity index (χ4n) is 2.66. The number of piperidine rings is 1. The first-order valence-electron chi connectivity index (χ1n) is 6.88. The monoisotopic (exact) mass is 331 g/mol. The summed E-state index contributed by atoms with van der Waals surface area (Å²) < 4.78 is 10.4. The van der Waals surface area contributed by atoms with Crippen LogP contribution >= 0.6 is 23.2 Å². The van der Waals surface area contributed by atoms with Gasteiger partial charge in [0.2, 0.25) is 0 Å². The largest absolute Gasteiger partial charge is 0.496 e. The van der Waals surface area contributed by atoms with Crippen molar-refractivity contribution in [1.29, 1.82) is 0 Å². The number of hydrogen-bond donors (Lipinski definition) is 0. The number of rotatable bonds is 4. The molecule has 0 saturated carbocycles. The summed E-state index contributed by atoms with van der Waals surface area (Å²) >= 11 is 12.0. The van der Waals surface area contributed by atoms with E-state index in [1.54, 1.807) is 19.2 Å². The number of carbonyl (C=O) groups excluding carboxylic acids is 1. The Morgan fingerprint density at radius 2 is 2.05 bits per heavy atom. The molecule has 116 valence electrons. The molecule has 0 unspecified atom stereocenters. The number of nitrogens with zero attached hydrogens (tertiary/aromatic N) is 1. The first-order chi connectivity index (χ1) is 10.1. The molecule has 0 N–H and O–H groups in total. The smallest absolute Gasteiger partial charge is 0.257 e. The Morgan fingerprint density at radius 1 is 1.33 bits per heavy atom. The second kappa shape index (κ2) is 7.34. The maximum absolute atomic E-state index is 12.7. The third-order valence-electron chi connectivity index (χ3n) is 3.68.